The maximum absolute atomic E-state index is 2.10. The number of rotatable bonds is 3. The summed E-state index contributed by atoms with van der Waals surface area (Å²) in [6.07, 6.45) is 8.31. The van der Waals surface area contributed by atoms with Crippen LogP contribution < -0.4 is 0 Å². The first-order valence-electron chi connectivity index (χ1n) is 6.61. The quantitative estimate of drug-likeness (QED) is 0.527. The zero-order valence-corrected chi connectivity index (χ0v) is 12.6. The Morgan fingerprint density at radius 3 is 1.32 bits per heavy atom. The van der Waals surface area contributed by atoms with E-state index in [1.807, 2.05) is 36.4 Å². The van der Waals surface area contributed by atoms with E-state index >= 15 is 0 Å². The predicted octanol–water partition coefficient (Wildman–Crippen LogP) is 5.33. The number of hydrogen-bond acceptors (Lipinski definition) is 0. The van der Waals surface area contributed by atoms with Crippen molar-refractivity contribution < 1.29 is 19.2 Å². The molecule has 0 aliphatic carbocycles. The summed E-state index contributed by atoms with van der Waals surface area (Å²) in [5, 5.41) is 0. The maximum atomic E-state index is 2.10. The van der Waals surface area contributed by atoms with Gasteiger partial charge in [-0.15, -0.1) is 0 Å². The molecule has 0 spiro atoms. The second-order valence-electron chi connectivity index (χ2n) is 4.29. The van der Waals surface area contributed by atoms with Crippen LogP contribution in [0.4, 0.5) is 0 Å². The molecule has 19 heavy (non-hydrogen) atoms. The van der Waals surface area contributed by atoms with E-state index in [4.69, 9.17) is 0 Å². The molecule has 0 atom stereocenters. The molecule has 1 fully saturated rings. The van der Waals surface area contributed by atoms with Gasteiger partial charge in [0.2, 0.25) is 0 Å². The third-order valence-corrected chi connectivity index (χ3v) is 3.32. The Balaban J connectivity index is 0.000000390. The molecule has 0 N–H and O–H groups in total. The Hall–Kier alpha value is -1.37. The first-order valence-corrected chi connectivity index (χ1v) is 8.81. The molecule has 0 radical (unpaired) electrons. The average Bonchev–Trinajstić information content (AvgIpc) is 3.34. The van der Waals surface area contributed by atoms with Crippen LogP contribution in [0.2, 0.25) is 9.45 Å². The minimum absolute atomic E-state index is 0.750. The van der Waals surface area contributed by atoms with Gasteiger partial charge in [-0.3, -0.25) is 0 Å². The number of benzene rings is 2. The Morgan fingerprint density at radius 1 is 0.632 bits per heavy atom. The molecule has 0 bridgehead atoms. The van der Waals surface area contributed by atoms with Crippen LogP contribution in [0.15, 0.2) is 72.8 Å². The van der Waals surface area contributed by atoms with Crippen LogP contribution >= 0.6 is 0 Å². The van der Waals surface area contributed by atoms with Gasteiger partial charge in [0.1, 0.15) is 0 Å². The van der Waals surface area contributed by atoms with Gasteiger partial charge in [-0.05, 0) is 11.1 Å². The minimum atomic E-state index is 0.750. The molecule has 1 heteroatoms. The number of allylic oxidation sites excluding steroid dienone is 2. The van der Waals surface area contributed by atoms with Gasteiger partial charge in [0.15, 0.2) is 0 Å². The second kappa shape index (κ2) is 8.69. The van der Waals surface area contributed by atoms with E-state index in [-0.39, 0.29) is 0 Å². The normalized spacial score (nSPS) is 12.8. The van der Waals surface area contributed by atoms with Crippen molar-refractivity contribution >= 4 is 12.2 Å². The monoisotopic (exact) mass is 282 g/mol. The topological polar surface area (TPSA) is 0 Å². The summed E-state index contributed by atoms with van der Waals surface area (Å²) in [4.78, 5) is 0. The third kappa shape index (κ3) is 6.95. The van der Waals surface area contributed by atoms with Gasteiger partial charge >= 0.3 is 28.6 Å². The molecule has 0 nitrogen and oxygen atoms in total. The van der Waals surface area contributed by atoms with Crippen LogP contribution in [0.25, 0.3) is 12.2 Å². The fraction of sp³-hybridized carbons (Fsp3) is 0.111. The van der Waals surface area contributed by atoms with E-state index in [0.29, 0.717) is 0 Å². The fourth-order valence-electron chi connectivity index (χ4n) is 1.46. The van der Waals surface area contributed by atoms with Crippen molar-refractivity contribution in [2.24, 2.45) is 0 Å². The van der Waals surface area contributed by atoms with Crippen LogP contribution in [0.5, 0.6) is 0 Å². The first-order chi connectivity index (χ1) is 9.45. The van der Waals surface area contributed by atoms with Crippen LogP contribution in [0.3, 0.4) is 0 Å². The van der Waals surface area contributed by atoms with E-state index in [2.05, 4.69) is 48.6 Å². The SMILES string of the molecule is C(C=Cc1ccccc1)=Cc1ccccc1.[CH2]1[CH2][Ti]1. The molecule has 1 saturated heterocycles. The zero-order valence-electron chi connectivity index (χ0n) is 11.0. The summed E-state index contributed by atoms with van der Waals surface area (Å²) in [6, 6.07) is 20.6. The average molecular weight is 282 g/mol. The molecule has 3 rings (SSSR count). The molecule has 1 heterocycles. The second-order valence-corrected chi connectivity index (χ2v) is 6.63. The Kier molecular flexibility index (Phi) is 6.42. The standard InChI is InChI=1S/C16H14.C2H4.Ti/c1-3-9-15(10-4-1)13-7-8-14-16-11-5-2-6-12-16;1-2;/h1-14H;1-2H2;. The zero-order chi connectivity index (χ0) is 13.2. The van der Waals surface area contributed by atoms with E-state index in [1.165, 1.54) is 11.1 Å². The Labute approximate surface area is 124 Å². The molecule has 0 saturated carbocycles. The van der Waals surface area contributed by atoms with Gasteiger partial charge in [0.05, 0.1) is 0 Å². The Bertz CT molecular complexity index is 460. The van der Waals surface area contributed by atoms with Crippen LogP contribution in [0.1, 0.15) is 11.1 Å². The molecular formula is C18H18Ti. The van der Waals surface area contributed by atoms with Crippen molar-refractivity contribution in [2.75, 3.05) is 0 Å². The van der Waals surface area contributed by atoms with Crippen molar-refractivity contribution in [1.82, 2.24) is 0 Å². The van der Waals surface area contributed by atoms with E-state index in [1.54, 1.807) is 9.45 Å². The molecule has 94 valence electrons. The molecule has 2 aromatic rings. The Morgan fingerprint density at radius 2 is 1.00 bits per heavy atom. The van der Waals surface area contributed by atoms with Crippen LogP contribution in [0, 0.1) is 0 Å². The van der Waals surface area contributed by atoms with Crippen molar-refractivity contribution in [3.63, 3.8) is 0 Å². The van der Waals surface area contributed by atoms with Gasteiger partial charge < -0.3 is 0 Å². The van der Waals surface area contributed by atoms with Crippen molar-refractivity contribution in [3.8, 4) is 0 Å². The summed E-state index contributed by atoms with van der Waals surface area (Å²) in [7, 11) is 0. The summed E-state index contributed by atoms with van der Waals surface area (Å²) in [6.45, 7) is 0. The van der Waals surface area contributed by atoms with Crippen molar-refractivity contribution in [3.05, 3.63) is 83.9 Å². The van der Waals surface area contributed by atoms with Gasteiger partial charge in [-0.25, -0.2) is 0 Å². The summed E-state index contributed by atoms with van der Waals surface area (Å²) in [5.41, 5.74) is 2.44. The molecule has 0 unspecified atom stereocenters. The summed E-state index contributed by atoms with van der Waals surface area (Å²) < 4.78 is 3.25. The fourth-order valence-corrected chi connectivity index (χ4v) is 1.46. The van der Waals surface area contributed by atoms with Gasteiger partial charge in [-0.2, -0.15) is 0 Å². The molecule has 2 aromatic carbocycles. The molecule has 1 aliphatic heterocycles. The van der Waals surface area contributed by atoms with Gasteiger partial charge in [-0.1, -0.05) is 85.0 Å². The van der Waals surface area contributed by atoms with Crippen LogP contribution in [-0.2, 0) is 19.2 Å². The molecular weight excluding hydrogens is 264 g/mol. The first kappa shape index (κ1) is 14.1. The van der Waals surface area contributed by atoms with Crippen LogP contribution in [-0.4, -0.2) is 0 Å². The summed E-state index contributed by atoms with van der Waals surface area (Å²) >= 11 is 0.750. The predicted molar refractivity (Wildman–Crippen MR) is 80.6 cm³/mol. The number of hydrogen-bond donors (Lipinski definition) is 0. The van der Waals surface area contributed by atoms with Crippen molar-refractivity contribution in [1.29, 1.82) is 0 Å². The molecule has 0 amide bonds. The van der Waals surface area contributed by atoms with Gasteiger partial charge in [0.25, 0.3) is 0 Å². The third-order valence-electron chi connectivity index (χ3n) is 2.54. The van der Waals surface area contributed by atoms with E-state index < -0.39 is 0 Å². The van der Waals surface area contributed by atoms with Gasteiger partial charge in [0, 0.05) is 0 Å². The summed E-state index contributed by atoms with van der Waals surface area (Å²) in [5.74, 6) is 0. The van der Waals surface area contributed by atoms with Crippen molar-refractivity contribution in [2.45, 2.75) is 9.45 Å². The molecule has 1 aliphatic rings. The molecule has 0 aromatic heterocycles. The van der Waals surface area contributed by atoms with E-state index in [9.17, 15) is 0 Å². The van der Waals surface area contributed by atoms with E-state index in [0.717, 1.165) is 19.2 Å².